The molecular weight excluding hydrogens is 256 g/mol. The molecule has 1 amide bonds. The minimum absolute atomic E-state index is 0.0347. The Morgan fingerprint density at radius 2 is 2.00 bits per heavy atom. The van der Waals surface area contributed by atoms with Crippen LogP contribution in [0.3, 0.4) is 0 Å². The van der Waals surface area contributed by atoms with Gasteiger partial charge in [0.2, 0.25) is 5.91 Å². The van der Waals surface area contributed by atoms with Gasteiger partial charge >= 0.3 is 5.97 Å². The summed E-state index contributed by atoms with van der Waals surface area (Å²) in [4.78, 5) is 22.9. The quantitative estimate of drug-likeness (QED) is 0.713. The number of carbonyl (C=O) groups excluding carboxylic acids is 1. The SMILES string of the molecule is CCc1cccc(NC(=O)CNC(C)(CC)C(=O)O)c1. The molecule has 5 nitrogen and oxygen atoms in total. The third-order valence-electron chi connectivity index (χ3n) is 3.44. The molecule has 1 aromatic carbocycles. The van der Waals surface area contributed by atoms with Gasteiger partial charge in [0.05, 0.1) is 6.54 Å². The highest BCUT2D eigenvalue weighted by Gasteiger charge is 2.30. The van der Waals surface area contributed by atoms with Gasteiger partial charge in [0.15, 0.2) is 0 Å². The van der Waals surface area contributed by atoms with Crippen molar-refractivity contribution in [1.29, 1.82) is 0 Å². The molecule has 0 spiro atoms. The van der Waals surface area contributed by atoms with Crippen molar-refractivity contribution >= 4 is 17.6 Å². The number of benzene rings is 1. The topological polar surface area (TPSA) is 78.4 Å². The number of rotatable bonds is 7. The van der Waals surface area contributed by atoms with Crippen LogP contribution in [0.2, 0.25) is 0 Å². The van der Waals surface area contributed by atoms with Crippen LogP contribution in [0.4, 0.5) is 5.69 Å². The first-order valence-electron chi connectivity index (χ1n) is 6.78. The van der Waals surface area contributed by atoms with E-state index in [4.69, 9.17) is 5.11 Å². The van der Waals surface area contributed by atoms with Crippen LogP contribution in [0.1, 0.15) is 32.8 Å². The van der Waals surface area contributed by atoms with E-state index < -0.39 is 11.5 Å². The van der Waals surface area contributed by atoms with Gasteiger partial charge in [0, 0.05) is 5.69 Å². The van der Waals surface area contributed by atoms with Crippen LogP contribution in [-0.4, -0.2) is 29.1 Å². The fourth-order valence-corrected chi connectivity index (χ4v) is 1.70. The predicted octanol–water partition coefficient (Wildman–Crippen LogP) is 2.03. The van der Waals surface area contributed by atoms with E-state index in [1.165, 1.54) is 0 Å². The Hall–Kier alpha value is -1.88. The molecule has 0 saturated carbocycles. The van der Waals surface area contributed by atoms with Crippen molar-refractivity contribution < 1.29 is 14.7 Å². The summed E-state index contributed by atoms with van der Waals surface area (Å²) in [5.41, 5.74) is 0.784. The maximum atomic E-state index is 11.8. The molecule has 20 heavy (non-hydrogen) atoms. The van der Waals surface area contributed by atoms with Crippen molar-refractivity contribution in [3.63, 3.8) is 0 Å². The van der Waals surface area contributed by atoms with Gasteiger partial charge in [0.1, 0.15) is 5.54 Å². The first kappa shape index (κ1) is 16.2. The average molecular weight is 278 g/mol. The Morgan fingerprint density at radius 3 is 2.55 bits per heavy atom. The summed E-state index contributed by atoms with van der Waals surface area (Å²) in [7, 11) is 0. The van der Waals surface area contributed by atoms with Gasteiger partial charge in [-0.15, -0.1) is 0 Å². The summed E-state index contributed by atoms with van der Waals surface area (Å²) in [6, 6.07) is 7.60. The monoisotopic (exact) mass is 278 g/mol. The molecule has 3 N–H and O–H groups in total. The summed E-state index contributed by atoms with van der Waals surface area (Å²) in [6.45, 7) is 5.35. The maximum absolute atomic E-state index is 11.8. The number of carbonyl (C=O) groups is 2. The fourth-order valence-electron chi connectivity index (χ4n) is 1.70. The van der Waals surface area contributed by atoms with Gasteiger partial charge in [-0.3, -0.25) is 14.9 Å². The molecule has 0 aliphatic carbocycles. The third kappa shape index (κ3) is 4.35. The van der Waals surface area contributed by atoms with Gasteiger partial charge in [-0.25, -0.2) is 0 Å². The number of hydrogen-bond donors (Lipinski definition) is 3. The van der Waals surface area contributed by atoms with Crippen LogP contribution in [0.5, 0.6) is 0 Å². The predicted molar refractivity (Wildman–Crippen MR) is 78.8 cm³/mol. The first-order valence-corrected chi connectivity index (χ1v) is 6.78. The molecule has 1 aromatic rings. The van der Waals surface area contributed by atoms with E-state index >= 15 is 0 Å². The first-order chi connectivity index (χ1) is 9.41. The minimum Gasteiger partial charge on any atom is -0.480 e. The van der Waals surface area contributed by atoms with Crippen molar-refractivity contribution in [3.8, 4) is 0 Å². The lowest BCUT2D eigenvalue weighted by Gasteiger charge is -2.24. The maximum Gasteiger partial charge on any atom is 0.323 e. The van der Waals surface area contributed by atoms with Crippen LogP contribution in [0.25, 0.3) is 0 Å². The molecule has 1 atom stereocenters. The lowest BCUT2D eigenvalue weighted by Crippen LogP contribution is -2.51. The zero-order chi connectivity index (χ0) is 15.2. The summed E-state index contributed by atoms with van der Waals surface area (Å²) in [5, 5.41) is 14.6. The second kappa shape index (κ2) is 7.05. The summed E-state index contributed by atoms with van der Waals surface area (Å²) < 4.78 is 0. The van der Waals surface area contributed by atoms with Crippen LogP contribution in [-0.2, 0) is 16.0 Å². The van der Waals surface area contributed by atoms with Gasteiger partial charge in [-0.2, -0.15) is 0 Å². The molecule has 5 heteroatoms. The Kier molecular flexibility index (Phi) is 5.70. The number of carboxylic acid groups (broad SMARTS) is 1. The van der Waals surface area contributed by atoms with Gasteiger partial charge in [0.25, 0.3) is 0 Å². The smallest absolute Gasteiger partial charge is 0.323 e. The van der Waals surface area contributed by atoms with E-state index in [9.17, 15) is 9.59 Å². The van der Waals surface area contributed by atoms with Crippen molar-refractivity contribution in [1.82, 2.24) is 5.32 Å². The van der Waals surface area contributed by atoms with E-state index in [0.717, 1.165) is 17.7 Å². The standard InChI is InChI=1S/C15H22N2O3/c1-4-11-7-6-8-12(9-11)17-13(18)10-16-15(3,5-2)14(19)20/h6-9,16H,4-5,10H2,1-3H3,(H,17,18)(H,19,20). The molecular formula is C15H22N2O3. The molecule has 0 fully saturated rings. The van der Waals surface area contributed by atoms with Crippen molar-refractivity contribution in [2.75, 3.05) is 11.9 Å². The fraction of sp³-hybridized carbons (Fsp3) is 0.467. The molecule has 110 valence electrons. The number of amides is 1. The van der Waals surface area contributed by atoms with Crippen LogP contribution in [0.15, 0.2) is 24.3 Å². The second-order valence-corrected chi connectivity index (χ2v) is 4.95. The van der Waals surface area contributed by atoms with Gasteiger partial charge in [-0.05, 0) is 37.5 Å². The average Bonchev–Trinajstić information content (AvgIpc) is 2.44. The van der Waals surface area contributed by atoms with Gasteiger partial charge < -0.3 is 10.4 Å². The number of anilines is 1. The third-order valence-corrected chi connectivity index (χ3v) is 3.44. The Balaban J connectivity index is 2.57. The number of hydrogen-bond acceptors (Lipinski definition) is 3. The Morgan fingerprint density at radius 1 is 1.30 bits per heavy atom. The molecule has 1 rings (SSSR count). The lowest BCUT2D eigenvalue weighted by molar-refractivity contribution is -0.144. The summed E-state index contributed by atoms with van der Waals surface area (Å²) >= 11 is 0. The second-order valence-electron chi connectivity index (χ2n) is 4.95. The highest BCUT2D eigenvalue weighted by Crippen LogP contribution is 2.12. The van der Waals surface area contributed by atoms with E-state index in [2.05, 4.69) is 10.6 Å². The molecule has 0 aliphatic rings. The Bertz CT molecular complexity index is 488. The zero-order valence-electron chi connectivity index (χ0n) is 12.2. The van der Waals surface area contributed by atoms with Gasteiger partial charge in [-0.1, -0.05) is 26.0 Å². The number of aliphatic carboxylic acids is 1. The van der Waals surface area contributed by atoms with Crippen LogP contribution in [0, 0.1) is 0 Å². The van der Waals surface area contributed by atoms with E-state index in [1.807, 2.05) is 31.2 Å². The van der Waals surface area contributed by atoms with Crippen LogP contribution < -0.4 is 10.6 Å². The van der Waals surface area contributed by atoms with E-state index in [1.54, 1.807) is 13.8 Å². The van der Waals surface area contributed by atoms with Crippen molar-refractivity contribution in [2.45, 2.75) is 39.2 Å². The number of nitrogens with one attached hydrogen (secondary N) is 2. The summed E-state index contributed by atoms with van der Waals surface area (Å²) in [5.74, 6) is -1.21. The molecule has 0 saturated heterocycles. The number of aryl methyl sites for hydroxylation is 1. The van der Waals surface area contributed by atoms with Crippen molar-refractivity contribution in [2.24, 2.45) is 0 Å². The molecule has 0 aromatic heterocycles. The molecule has 0 bridgehead atoms. The van der Waals surface area contributed by atoms with E-state index in [0.29, 0.717) is 6.42 Å². The minimum atomic E-state index is -1.08. The normalized spacial score (nSPS) is 13.6. The molecule has 0 aliphatic heterocycles. The largest absolute Gasteiger partial charge is 0.480 e. The van der Waals surface area contributed by atoms with Crippen molar-refractivity contribution in [3.05, 3.63) is 29.8 Å². The van der Waals surface area contributed by atoms with Crippen LogP contribution >= 0.6 is 0 Å². The molecule has 0 heterocycles. The summed E-state index contributed by atoms with van der Waals surface area (Å²) in [6.07, 6.45) is 1.30. The zero-order valence-corrected chi connectivity index (χ0v) is 12.2. The highest BCUT2D eigenvalue weighted by molar-refractivity contribution is 5.93. The number of carboxylic acids is 1. The lowest BCUT2D eigenvalue weighted by atomic mass is 9.99. The van der Waals surface area contributed by atoms with E-state index in [-0.39, 0.29) is 12.5 Å². The molecule has 1 unspecified atom stereocenters. The highest BCUT2D eigenvalue weighted by atomic mass is 16.4. The molecule has 0 radical (unpaired) electrons. The Labute approximate surface area is 119 Å².